The average molecular weight is 248 g/mol. The van der Waals surface area contributed by atoms with Crippen LogP contribution in [0.2, 0.25) is 0 Å². The van der Waals surface area contributed by atoms with Gasteiger partial charge in [-0.2, -0.15) is 0 Å². The number of likely N-dealkylation sites (N-methyl/N-ethyl adjacent to an activating group) is 1. The molecular weight excluding hydrogens is 224 g/mol. The lowest BCUT2D eigenvalue weighted by Crippen LogP contribution is -2.41. The lowest BCUT2D eigenvalue weighted by atomic mass is 9.85. The highest BCUT2D eigenvalue weighted by Crippen LogP contribution is 2.30. The summed E-state index contributed by atoms with van der Waals surface area (Å²) in [4.78, 5) is 10.7. The molecule has 0 radical (unpaired) electrons. The zero-order valence-corrected chi connectivity index (χ0v) is 11.4. The second kappa shape index (κ2) is 6.25. The number of nitrogens with two attached hydrogens (primary N) is 1. The van der Waals surface area contributed by atoms with Crippen LogP contribution in [0.15, 0.2) is 18.6 Å². The van der Waals surface area contributed by atoms with Crippen molar-refractivity contribution >= 4 is 0 Å². The molecule has 0 bridgehead atoms. The van der Waals surface area contributed by atoms with Crippen LogP contribution < -0.4 is 5.73 Å². The molecule has 18 heavy (non-hydrogen) atoms. The topological polar surface area (TPSA) is 55.0 Å². The van der Waals surface area contributed by atoms with Crippen molar-refractivity contribution in [1.29, 1.82) is 0 Å². The van der Waals surface area contributed by atoms with Gasteiger partial charge in [-0.15, -0.1) is 0 Å². The number of hydrogen-bond acceptors (Lipinski definition) is 4. The van der Waals surface area contributed by atoms with E-state index in [4.69, 9.17) is 5.73 Å². The van der Waals surface area contributed by atoms with Gasteiger partial charge in [0.05, 0.1) is 11.7 Å². The molecular formula is C14H24N4. The fraction of sp³-hybridized carbons (Fsp3) is 0.714. The van der Waals surface area contributed by atoms with E-state index in [0.29, 0.717) is 12.6 Å². The van der Waals surface area contributed by atoms with Gasteiger partial charge in [0, 0.05) is 18.8 Å². The number of hydrogen-bond donors (Lipinski definition) is 1. The van der Waals surface area contributed by atoms with Crippen molar-refractivity contribution in [1.82, 2.24) is 14.9 Å². The molecule has 2 rings (SSSR count). The number of nitrogens with zero attached hydrogens (tertiary/aromatic N) is 3. The van der Waals surface area contributed by atoms with Crippen molar-refractivity contribution in [3.63, 3.8) is 0 Å². The summed E-state index contributed by atoms with van der Waals surface area (Å²) in [6, 6.07) is 2.82. The maximum atomic E-state index is 5.94. The molecule has 1 fully saturated rings. The van der Waals surface area contributed by atoms with E-state index >= 15 is 0 Å². The van der Waals surface area contributed by atoms with E-state index in [-0.39, 0.29) is 6.04 Å². The Hall–Kier alpha value is -1.00. The molecule has 0 aliphatic heterocycles. The molecule has 0 aromatic carbocycles. The highest BCUT2D eigenvalue weighted by atomic mass is 15.2. The van der Waals surface area contributed by atoms with Crippen LogP contribution in [0.25, 0.3) is 0 Å². The molecule has 100 valence electrons. The van der Waals surface area contributed by atoms with Gasteiger partial charge in [0.15, 0.2) is 0 Å². The minimum Gasteiger partial charge on any atom is -0.329 e. The van der Waals surface area contributed by atoms with Crippen LogP contribution in [0.4, 0.5) is 0 Å². The van der Waals surface area contributed by atoms with Gasteiger partial charge in [0.1, 0.15) is 6.33 Å². The summed E-state index contributed by atoms with van der Waals surface area (Å²) in [6.07, 6.45) is 8.65. The molecule has 4 nitrogen and oxygen atoms in total. The zero-order chi connectivity index (χ0) is 13.0. The molecule has 1 aromatic rings. The van der Waals surface area contributed by atoms with Crippen molar-refractivity contribution < 1.29 is 0 Å². The van der Waals surface area contributed by atoms with E-state index < -0.39 is 0 Å². The van der Waals surface area contributed by atoms with Crippen molar-refractivity contribution in [2.45, 2.75) is 44.7 Å². The van der Waals surface area contributed by atoms with Crippen molar-refractivity contribution in [3.05, 3.63) is 24.3 Å². The van der Waals surface area contributed by atoms with Gasteiger partial charge < -0.3 is 5.73 Å². The Morgan fingerprint density at radius 1 is 1.50 bits per heavy atom. The van der Waals surface area contributed by atoms with Crippen molar-refractivity contribution in [3.8, 4) is 0 Å². The first-order valence-electron chi connectivity index (χ1n) is 6.90. The summed E-state index contributed by atoms with van der Waals surface area (Å²) in [5, 5.41) is 0. The van der Waals surface area contributed by atoms with Crippen LogP contribution in [0.1, 0.15) is 44.3 Å². The lowest BCUT2D eigenvalue weighted by Gasteiger charge is -2.38. The first-order valence-corrected chi connectivity index (χ1v) is 6.90. The van der Waals surface area contributed by atoms with Crippen molar-refractivity contribution in [2.75, 3.05) is 13.6 Å². The van der Waals surface area contributed by atoms with E-state index in [2.05, 4.69) is 28.8 Å². The summed E-state index contributed by atoms with van der Waals surface area (Å²) in [6.45, 7) is 2.96. The Morgan fingerprint density at radius 3 is 2.94 bits per heavy atom. The van der Waals surface area contributed by atoms with Gasteiger partial charge in [-0.1, -0.05) is 19.8 Å². The Labute approximate surface area is 110 Å². The summed E-state index contributed by atoms with van der Waals surface area (Å²) >= 11 is 0. The third-order valence-electron chi connectivity index (χ3n) is 4.15. The molecule has 1 aliphatic rings. The van der Waals surface area contributed by atoms with Crippen LogP contribution in [-0.2, 0) is 0 Å². The molecule has 3 unspecified atom stereocenters. The van der Waals surface area contributed by atoms with Crippen LogP contribution >= 0.6 is 0 Å². The molecule has 1 aliphatic carbocycles. The van der Waals surface area contributed by atoms with Gasteiger partial charge in [-0.05, 0) is 31.9 Å². The first kappa shape index (κ1) is 13.4. The maximum absolute atomic E-state index is 5.94. The highest BCUT2D eigenvalue weighted by molar-refractivity contribution is 5.06. The van der Waals surface area contributed by atoms with Crippen LogP contribution in [0.5, 0.6) is 0 Å². The third-order valence-corrected chi connectivity index (χ3v) is 4.15. The standard InChI is InChI=1S/C14H24N4/c1-11-4-3-5-12(8-11)18(2)14(9-15)13-6-7-16-10-17-13/h6-7,10-12,14H,3-5,8-9,15H2,1-2H3. The summed E-state index contributed by atoms with van der Waals surface area (Å²) < 4.78 is 0. The van der Waals surface area contributed by atoms with E-state index in [1.54, 1.807) is 12.5 Å². The first-order chi connectivity index (χ1) is 8.72. The molecule has 1 saturated carbocycles. The molecule has 3 atom stereocenters. The van der Waals surface area contributed by atoms with Gasteiger partial charge in [-0.3, -0.25) is 4.90 Å². The van der Waals surface area contributed by atoms with Gasteiger partial charge in [0.2, 0.25) is 0 Å². The largest absolute Gasteiger partial charge is 0.329 e. The Balaban J connectivity index is 2.07. The zero-order valence-electron chi connectivity index (χ0n) is 11.4. The van der Waals surface area contributed by atoms with Gasteiger partial charge in [-0.25, -0.2) is 9.97 Å². The number of rotatable bonds is 4. The van der Waals surface area contributed by atoms with Crippen molar-refractivity contribution in [2.24, 2.45) is 11.7 Å². The lowest BCUT2D eigenvalue weighted by molar-refractivity contribution is 0.119. The molecule has 0 saturated heterocycles. The molecule has 0 amide bonds. The van der Waals surface area contributed by atoms with E-state index in [1.807, 2.05) is 6.07 Å². The molecule has 0 spiro atoms. The SMILES string of the molecule is CC1CCCC(N(C)C(CN)c2ccncn2)C1. The fourth-order valence-electron chi connectivity index (χ4n) is 3.02. The third kappa shape index (κ3) is 3.06. The molecule has 1 heterocycles. The monoisotopic (exact) mass is 248 g/mol. The normalized spacial score (nSPS) is 26.2. The second-order valence-electron chi connectivity index (χ2n) is 5.48. The van der Waals surface area contributed by atoms with Gasteiger partial charge >= 0.3 is 0 Å². The Kier molecular flexibility index (Phi) is 4.66. The average Bonchev–Trinajstić information content (AvgIpc) is 2.41. The Morgan fingerprint density at radius 2 is 2.33 bits per heavy atom. The van der Waals surface area contributed by atoms with E-state index in [1.165, 1.54) is 25.7 Å². The minimum absolute atomic E-state index is 0.211. The molecule has 4 heteroatoms. The van der Waals surface area contributed by atoms with E-state index in [0.717, 1.165) is 11.6 Å². The molecule has 2 N–H and O–H groups in total. The van der Waals surface area contributed by atoms with Gasteiger partial charge in [0.25, 0.3) is 0 Å². The molecule has 1 aromatic heterocycles. The summed E-state index contributed by atoms with van der Waals surface area (Å²) in [7, 11) is 2.18. The van der Waals surface area contributed by atoms with E-state index in [9.17, 15) is 0 Å². The maximum Gasteiger partial charge on any atom is 0.115 e. The van der Waals surface area contributed by atoms with Crippen LogP contribution in [0.3, 0.4) is 0 Å². The predicted molar refractivity (Wildman–Crippen MR) is 73.0 cm³/mol. The second-order valence-corrected chi connectivity index (χ2v) is 5.48. The quantitative estimate of drug-likeness (QED) is 0.885. The Bertz CT molecular complexity index is 354. The summed E-state index contributed by atoms with van der Waals surface area (Å²) in [5.74, 6) is 0.829. The van der Waals surface area contributed by atoms with Crippen LogP contribution in [0, 0.1) is 5.92 Å². The fourth-order valence-corrected chi connectivity index (χ4v) is 3.02. The number of aromatic nitrogens is 2. The summed E-state index contributed by atoms with van der Waals surface area (Å²) in [5.41, 5.74) is 6.98. The minimum atomic E-state index is 0.211. The van der Waals surface area contributed by atoms with Crippen LogP contribution in [-0.4, -0.2) is 34.5 Å². The predicted octanol–water partition coefficient (Wildman–Crippen LogP) is 1.99. The highest BCUT2D eigenvalue weighted by Gasteiger charge is 2.27. The smallest absolute Gasteiger partial charge is 0.115 e.